The van der Waals surface area contributed by atoms with Gasteiger partial charge in [0, 0.05) is 17.6 Å². The number of halogens is 3. The molecule has 1 aromatic heterocycles. The predicted octanol–water partition coefficient (Wildman–Crippen LogP) is 6.02. The zero-order valence-corrected chi connectivity index (χ0v) is 13.3. The highest BCUT2D eigenvalue weighted by atomic mass is 19.4. The van der Waals surface area contributed by atoms with Crippen molar-refractivity contribution in [2.24, 2.45) is 0 Å². The average Bonchev–Trinajstić information content (AvgIpc) is 3.01. The molecule has 2 nitrogen and oxygen atoms in total. The number of hydrogen-bond acceptors (Lipinski definition) is 2. The summed E-state index contributed by atoms with van der Waals surface area (Å²) in [7, 11) is 0. The Bertz CT molecular complexity index is 836. The number of anilines is 1. The standard InChI is InChI=1S/C19H18F3NO/c1-2-3-14-5-6-16(11-17(14)19(20,21)22)23-12-13-4-7-18-15(10-13)8-9-24-18/h4-11,23H,2-3,12H2,1H3. The number of furan rings is 1. The van der Waals surface area contributed by atoms with Crippen LogP contribution in [0.3, 0.4) is 0 Å². The number of hydrogen-bond donors (Lipinski definition) is 1. The zero-order chi connectivity index (χ0) is 17.2. The lowest BCUT2D eigenvalue weighted by molar-refractivity contribution is -0.138. The normalized spacial score (nSPS) is 11.8. The molecular weight excluding hydrogens is 315 g/mol. The summed E-state index contributed by atoms with van der Waals surface area (Å²) in [6, 6.07) is 12.0. The van der Waals surface area contributed by atoms with E-state index in [0.29, 0.717) is 30.6 Å². The van der Waals surface area contributed by atoms with Crippen LogP contribution in [0.2, 0.25) is 0 Å². The minimum atomic E-state index is -4.34. The predicted molar refractivity (Wildman–Crippen MR) is 89.0 cm³/mol. The van der Waals surface area contributed by atoms with Gasteiger partial charge in [0.05, 0.1) is 11.8 Å². The molecule has 3 aromatic rings. The van der Waals surface area contributed by atoms with E-state index < -0.39 is 11.7 Å². The Kier molecular flexibility index (Phi) is 4.51. The lowest BCUT2D eigenvalue weighted by atomic mass is 10.0. The summed E-state index contributed by atoms with van der Waals surface area (Å²) in [5.74, 6) is 0. The Labute approximate surface area is 138 Å². The second-order valence-corrected chi connectivity index (χ2v) is 5.77. The van der Waals surface area contributed by atoms with Crippen molar-refractivity contribution in [1.29, 1.82) is 0 Å². The number of rotatable bonds is 5. The molecule has 1 N–H and O–H groups in total. The molecular formula is C19H18F3NO. The fourth-order valence-electron chi connectivity index (χ4n) is 2.77. The largest absolute Gasteiger partial charge is 0.464 e. The van der Waals surface area contributed by atoms with E-state index in [2.05, 4.69) is 5.32 Å². The van der Waals surface area contributed by atoms with Crippen LogP contribution in [0.4, 0.5) is 18.9 Å². The van der Waals surface area contributed by atoms with Crippen LogP contribution < -0.4 is 5.32 Å². The first-order valence-electron chi connectivity index (χ1n) is 7.87. The highest BCUT2D eigenvalue weighted by Crippen LogP contribution is 2.34. The van der Waals surface area contributed by atoms with Crippen molar-refractivity contribution < 1.29 is 17.6 Å². The molecule has 0 fully saturated rings. The van der Waals surface area contributed by atoms with Crippen LogP contribution in [0, 0.1) is 0 Å². The molecule has 0 saturated carbocycles. The Hall–Kier alpha value is -2.43. The van der Waals surface area contributed by atoms with Gasteiger partial charge >= 0.3 is 6.18 Å². The topological polar surface area (TPSA) is 25.2 Å². The SMILES string of the molecule is CCCc1ccc(NCc2ccc3occc3c2)cc1C(F)(F)F. The summed E-state index contributed by atoms with van der Waals surface area (Å²) in [5.41, 5.74) is 2.03. The highest BCUT2D eigenvalue weighted by Gasteiger charge is 2.33. The van der Waals surface area contributed by atoms with Crippen LogP contribution in [0.5, 0.6) is 0 Å². The molecule has 0 atom stereocenters. The Morgan fingerprint density at radius 2 is 1.88 bits per heavy atom. The summed E-state index contributed by atoms with van der Waals surface area (Å²) in [4.78, 5) is 0. The van der Waals surface area contributed by atoms with E-state index in [-0.39, 0.29) is 0 Å². The monoisotopic (exact) mass is 333 g/mol. The van der Waals surface area contributed by atoms with Crippen LogP contribution in [0.1, 0.15) is 30.0 Å². The van der Waals surface area contributed by atoms with Gasteiger partial charge in [0.2, 0.25) is 0 Å². The first-order valence-corrected chi connectivity index (χ1v) is 7.87. The quantitative estimate of drug-likeness (QED) is 0.618. The molecule has 0 aliphatic rings. The summed E-state index contributed by atoms with van der Waals surface area (Å²) < 4.78 is 44.9. The Morgan fingerprint density at radius 3 is 2.62 bits per heavy atom. The Balaban J connectivity index is 1.79. The van der Waals surface area contributed by atoms with E-state index in [1.165, 1.54) is 6.07 Å². The lowest BCUT2D eigenvalue weighted by Gasteiger charge is -2.15. The molecule has 5 heteroatoms. The molecule has 0 bridgehead atoms. The smallest absolute Gasteiger partial charge is 0.416 e. The second-order valence-electron chi connectivity index (χ2n) is 5.77. The third-order valence-electron chi connectivity index (χ3n) is 3.95. The Morgan fingerprint density at radius 1 is 1.04 bits per heavy atom. The van der Waals surface area contributed by atoms with Gasteiger partial charge in [-0.15, -0.1) is 0 Å². The van der Waals surface area contributed by atoms with Gasteiger partial charge in [-0.3, -0.25) is 0 Å². The van der Waals surface area contributed by atoms with Gasteiger partial charge < -0.3 is 9.73 Å². The van der Waals surface area contributed by atoms with E-state index in [9.17, 15) is 13.2 Å². The first kappa shape index (κ1) is 16.4. The molecule has 1 heterocycles. The van der Waals surface area contributed by atoms with Gasteiger partial charge in [-0.1, -0.05) is 25.5 Å². The number of aryl methyl sites for hydroxylation is 1. The van der Waals surface area contributed by atoms with Crippen LogP contribution in [-0.2, 0) is 19.1 Å². The first-order chi connectivity index (χ1) is 11.5. The van der Waals surface area contributed by atoms with Gasteiger partial charge in [-0.2, -0.15) is 13.2 Å². The number of alkyl halides is 3. The molecule has 3 rings (SSSR count). The van der Waals surface area contributed by atoms with Crippen LogP contribution in [0.15, 0.2) is 53.1 Å². The fraction of sp³-hybridized carbons (Fsp3) is 0.263. The van der Waals surface area contributed by atoms with Crippen molar-refractivity contribution in [1.82, 2.24) is 0 Å². The van der Waals surface area contributed by atoms with Gasteiger partial charge in [-0.25, -0.2) is 0 Å². The highest BCUT2D eigenvalue weighted by molar-refractivity contribution is 5.77. The molecule has 2 aromatic carbocycles. The van der Waals surface area contributed by atoms with E-state index in [0.717, 1.165) is 16.5 Å². The molecule has 0 unspecified atom stereocenters. The lowest BCUT2D eigenvalue weighted by Crippen LogP contribution is -2.10. The molecule has 0 saturated heterocycles. The van der Waals surface area contributed by atoms with Gasteiger partial charge in [0.1, 0.15) is 5.58 Å². The van der Waals surface area contributed by atoms with Gasteiger partial charge in [0.15, 0.2) is 0 Å². The van der Waals surface area contributed by atoms with Crippen molar-refractivity contribution in [2.45, 2.75) is 32.5 Å². The van der Waals surface area contributed by atoms with Crippen molar-refractivity contribution in [3.63, 3.8) is 0 Å². The van der Waals surface area contributed by atoms with E-state index in [1.54, 1.807) is 18.4 Å². The van der Waals surface area contributed by atoms with Crippen LogP contribution in [-0.4, -0.2) is 0 Å². The molecule has 0 aliphatic carbocycles. The molecule has 0 amide bonds. The summed E-state index contributed by atoms with van der Waals surface area (Å²) >= 11 is 0. The van der Waals surface area contributed by atoms with Crippen molar-refractivity contribution in [3.8, 4) is 0 Å². The maximum absolute atomic E-state index is 13.2. The third-order valence-corrected chi connectivity index (χ3v) is 3.95. The minimum absolute atomic E-state index is 0.343. The maximum atomic E-state index is 13.2. The second kappa shape index (κ2) is 6.59. The average molecular weight is 333 g/mol. The zero-order valence-electron chi connectivity index (χ0n) is 13.3. The molecule has 126 valence electrons. The number of benzene rings is 2. The maximum Gasteiger partial charge on any atom is 0.416 e. The third kappa shape index (κ3) is 3.55. The van der Waals surface area contributed by atoms with E-state index in [4.69, 9.17) is 4.42 Å². The van der Waals surface area contributed by atoms with E-state index in [1.807, 2.05) is 31.2 Å². The summed E-state index contributed by atoms with van der Waals surface area (Å²) in [6.07, 6.45) is -1.62. The molecule has 0 radical (unpaired) electrons. The molecule has 0 aliphatic heterocycles. The van der Waals surface area contributed by atoms with E-state index >= 15 is 0 Å². The number of nitrogens with one attached hydrogen (secondary N) is 1. The number of fused-ring (bicyclic) bond motifs is 1. The van der Waals surface area contributed by atoms with Crippen LogP contribution >= 0.6 is 0 Å². The van der Waals surface area contributed by atoms with Crippen LogP contribution in [0.25, 0.3) is 11.0 Å². The van der Waals surface area contributed by atoms with Crippen molar-refractivity contribution in [2.75, 3.05) is 5.32 Å². The minimum Gasteiger partial charge on any atom is -0.464 e. The molecule has 0 spiro atoms. The summed E-state index contributed by atoms with van der Waals surface area (Å²) in [5, 5.41) is 4.04. The van der Waals surface area contributed by atoms with Gasteiger partial charge in [-0.05, 0) is 47.9 Å². The van der Waals surface area contributed by atoms with Crippen molar-refractivity contribution in [3.05, 3.63) is 65.4 Å². The fourth-order valence-corrected chi connectivity index (χ4v) is 2.77. The molecule has 24 heavy (non-hydrogen) atoms. The van der Waals surface area contributed by atoms with Gasteiger partial charge in [0.25, 0.3) is 0 Å². The van der Waals surface area contributed by atoms with Crippen molar-refractivity contribution >= 4 is 16.7 Å². The summed E-state index contributed by atoms with van der Waals surface area (Å²) in [6.45, 7) is 2.32.